The van der Waals surface area contributed by atoms with Crippen LogP contribution in [0.1, 0.15) is 12.2 Å². The van der Waals surface area contributed by atoms with Gasteiger partial charge in [-0.25, -0.2) is 9.37 Å². The average molecular weight is 295 g/mol. The van der Waals surface area contributed by atoms with Gasteiger partial charge < -0.3 is 15.4 Å². The summed E-state index contributed by atoms with van der Waals surface area (Å²) in [6.07, 6.45) is 0.467. The van der Waals surface area contributed by atoms with Gasteiger partial charge in [-0.1, -0.05) is 0 Å². The number of nitrogens with zero attached hydrogens (tertiary/aromatic N) is 1. The molecule has 0 bridgehead atoms. The topological polar surface area (TPSA) is 78.0 Å². The zero-order valence-electron chi connectivity index (χ0n) is 10.6. The predicted molar refractivity (Wildman–Crippen MR) is 74.8 cm³/mol. The summed E-state index contributed by atoms with van der Waals surface area (Å²) in [7, 11) is 0. The van der Waals surface area contributed by atoms with E-state index in [1.54, 1.807) is 17.8 Å². The fraction of sp³-hybridized carbons (Fsp3) is 0.385. The molecule has 1 unspecified atom stereocenters. The van der Waals surface area contributed by atoms with E-state index < -0.39 is 5.60 Å². The molecule has 20 heavy (non-hydrogen) atoms. The molecule has 5 nitrogen and oxygen atoms in total. The minimum Gasteiger partial charge on any atom is -0.379 e. The molecule has 3 rings (SSSR count). The lowest BCUT2D eigenvalue weighted by Gasteiger charge is -2.19. The van der Waals surface area contributed by atoms with Crippen LogP contribution in [0.25, 0.3) is 11.0 Å². The number of halogens is 1. The molecule has 1 aromatic carbocycles. The van der Waals surface area contributed by atoms with Crippen molar-refractivity contribution in [1.82, 2.24) is 15.3 Å². The Hall–Kier alpha value is -1.60. The van der Waals surface area contributed by atoms with Crippen molar-refractivity contribution >= 4 is 28.7 Å². The second kappa shape index (κ2) is 5.06. The van der Waals surface area contributed by atoms with E-state index >= 15 is 0 Å². The van der Waals surface area contributed by atoms with Crippen LogP contribution in [-0.4, -0.2) is 38.1 Å². The van der Waals surface area contributed by atoms with Gasteiger partial charge in [0.15, 0.2) is 5.60 Å². The molecule has 1 saturated heterocycles. The SMILES string of the molecule is O=C(NCc1nc2ccc(F)cc2[nH]1)C1(O)CCSC1. The van der Waals surface area contributed by atoms with Crippen molar-refractivity contribution in [3.63, 3.8) is 0 Å². The number of aromatic amines is 1. The molecule has 7 heteroatoms. The lowest BCUT2D eigenvalue weighted by molar-refractivity contribution is -0.137. The maximum absolute atomic E-state index is 13.1. The predicted octanol–water partition coefficient (Wildman–Crippen LogP) is 1.19. The summed E-state index contributed by atoms with van der Waals surface area (Å²) in [4.78, 5) is 19.1. The first kappa shape index (κ1) is 13.4. The van der Waals surface area contributed by atoms with Gasteiger partial charge in [-0.3, -0.25) is 4.79 Å². The normalized spacial score (nSPS) is 22.3. The highest BCUT2D eigenvalue weighted by Gasteiger charge is 2.39. The summed E-state index contributed by atoms with van der Waals surface area (Å²) in [6.45, 7) is 0.183. The Morgan fingerprint density at radius 2 is 2.45 bits per heavy atom. The van der Waals surface area contributed by atoms with Crippen molar-refractivity contribution in [3.8, 4) is 0 Å². The monoisotopic (exact) mass is 295 g/mol. The van der Waals surface area contributed by atoms with Crippen molar-refractivity contribution in [2.75, 3.05) is 11.5 Å². The van der Waals surface area contributed by atoms with Gasteiger partial charge in [0.1, 0.15) is 11.6 Å². The highest BCUT2D eigenvalue weighted by atomic mass is 32.2. The van der Waals surface area contributed by atoms with Gasteiger partial charge in [0, 0.05) is 5.75 Å². The molecule has 0 saturated carbocycles. The van der Waals surface area contributed by atoms with Gasteiger partial charge in [-0.05, 0) is 30.4 Å². The molecule has 1 fully saturated rings. The summed E-state index contributed by atoms with van der Waals surface area (Å²) < 4.78 is 13.1. The van der Waals surface area contributed by atoms with Gasteiger partial charge in [0.25, 0.3) is 5.91 Å². The second-order valence-corrected chi connectivity index (χ2v) is 5.97. The Kier molecular flexibility index (Phi) is 3.39. The van der Waals surface area contributed by atoms with E-state index in [9.17, 15) is 14.3 Å². The number of aliphatic hydroxyl groups is 1. The number of hydrogen-bond acceptors (Lipinski definition) is 4. The molecule has 1 aliphatic rings. The molecular formula is C13H14FN3O2S. The van der Waals surface area contributed by atoms with Gasteiger partial charge in [0.05, 0.1) is 17.6 Å². The third-order valence-electron chi connectivity index (χ3n) is 3.33. The number of carbonyl (C=O) groups excluding carboxylic acids is 1. The number of nitrogens with one attached hydrogen (secondary N) is 2. The number of carbonyl (C=O) groups is 1. The van der Waals surface area contributed by atoms with Gasteiger partial charge in [-0.15, -0.1) is 0 Å². The van der Waals surface area contributed by atoms with Crippen LogP contribution in [0.2, 0.25) is 0 Å². The smallest absolute Gasteiger partial charge is 0.253 e. The van der Waals surface area contributed by atoms with Crippen LogP contribution < -0.4 is 5.32 Å². The maximum atomic E-state index is 13.1. The fourth-order valence-corrected chi connectivity index (χ4v) is 3.42. The van der Waals surface area contributed by atoms with Gasteiger partial charge in [0.2, 0.25) is 0 Å². The van der Waals surface area contributed by atoms with E-state index in [0.717, 1.165) is 5.75 Å². The molecule has 0 aliphatic carbocycles. The summed E-state index contributed by atoms with van der Waals surface area (Å²) in [5, 5.41) is 12.8. The number of H-pyrrole nitrogens is 1. The number of imidazole rings is 1. The van der Waals surface area contributed by atoms with Gasteiger partial charge >= 0.3 is 0 Å². The van der Waals surface area contributed by atoms with Crippen LogP contribution in [0.5, 0.6) is 0 Å². The molecule has 3 N–H and O–H groups in total. The summed E-state index contributed by atoms with van der Waals surface area (Å²) in [6, 6.07) is 4.27. The molecule has 0 spiro atoms. The molecule has 1 aliphatic heterocycles. The Labute approximate surface area is 119 Å². The molecule has 1 atom stereocenters. The number of hydrogen-bond donors (Lipinski definition) is 3. The lowest BCUT2D eigenvalue weighted by Crippen LogP contribution is -2.46. The molecule has 2 aromatic rings. The lowest BCUT2D eigenvalue weighted by atomic mass is 10.0. The van der Waals surface area contributed by atoms with Gasteiger partial charge in [-0.2, -0.15) is 11.8 Å². The molecule has 1 amide bonds. The molecule has 1 aromatic heterocycles. The summed E-state index contributed by atoms with van der Waals surface area (Å²) in [5.41, 5.74) is -0.0434. The summed E-state index contributed by atoms with van der Waals surface area (Å²) in [5.74, 6) is 1.02. The van der Waals surface area contributed by atoms with E-state index in [2.05, 4.69) is 15.3 Å². The number of rotatable bonds is 3. The highest BCUT2D eigenvalue weighted by molar-refractivity contribution is 7.99. The van der Waals surface area contributed by atoms with Crippen LogP contribution in [0.4, 0.5) is 4.39 Å². The number of benzene rings is 1. The van der Waals surface area contributed by atoms with E-state index in [0.29, 0.717) is 29.0 Å². The standard InChI is InChI=1S/C13H14FN3O2S/c14-8-1-2-9-10(5-8)17-11(16-9)6-15-12(18)13(19)3-4-20-7-13/h1-2,5,19H,3-4,6-7H2,(H,15,18)(H,16,17). The Balaban J connectivity index is 1.69. The molecule has 0 radical (unpaired) electrons. The van der Waals surface area contributed by atoms with Crippen molar-refractivity contribution in [2.24, 2.45) is 0 Å². The first-order valence-electron chi connectivity index (χ1n) is 6.29. The first-order chi connectivity index (χ1) is 9.57. The second-order valence-electron chi connectivity index (χ2n) is 4.86. The highest BCUT2D eigenvalue weighted by Crippen LogP contribution is 2.27. The Morgan fingerprint density at radius 3 is 3.20 bits per heavy atom. The van der Waals surface area contributed by atoms with Crippen LogP contribution in [0.15, 0.2) is 18.2 Å². The molecule has 106 valence electrons. The van der Waals surface area contributed by atoms with Crippen molar-refractivity contribution in [1.29, 1.82) is 0 Å². The first-order valence-corrected chi connectivity index (χ1v) is 7.45. The van der Waals surface area contributed by atoms with E-state index in [-0.39, 0.29) is 18.3 Å². The quantitative estimate of drug-likeness (QED) is 0.795. The third kappa shape index (κ3) is 2.51. The fourth-order valence-electron chi connectivity index (χ4n) is 2.18. The molecular weight excluding hydrogens is 281 g/mol. The van der Waals surface area contributed by atoms with Crippen LogP contribution >= 0.6 is 11.8 Å². The minimum atomic E-state index is -1.28. The molecule has 2 heterocycles. The number of aromatic nitrogens is 2. The number of thioether (sulfide) groups is 1. The van der Waals surface area contributed by atoms with Crippen molar-refractivity contribution in [2.45, 2.75) is 18.6 Å². The van der Waals surface area contributed by atoms with Crippen molar-refractivity contribution in [3.05, 3.63) is 29.8 Å². The number of amides is 1. The van der Waals surface area contributed by atoms with E-state index in [1.165, 1.54) is 12.1 Å². The minimum absolute atomic E-state index is 0.183. The largest absolute Gasteiger partial charge is 0.379 e. The van der Waals surface area contributed by atoms with Crippen molar-refractivity contribution < 1.29 is 14.3 Å². The van der Waals surface area contributed by atoms with E-state index in [4.69, 9.17) is 0 Å². The zero-order chi connectivity index (χ0) is 14.2. The third-order valence-corrected chi connectivity index (χ3v) is 4.51. The Bertz CT molecular complexity index is 652. The van der Waals surface area contributed by atoms with Crippen LogP contribution in [0.3, 0.4) is 0 Å². The maximum Gasteiger partial charge on any atom is 0.253 e. The number of fused-ring (bicyclic) bond motifs is 1. The van der Waals surface area contributed by atoms with E-state index in [1.807, 2.05) is 0 Å². The average Bonchev–Trinajstić information content (AvgIpc) is 3.02. The van der Waals surface area contributed by atoms with Crippen LogP contribution in [0, 0.1) is 5.82 Å². The Morgan fingerprint density at radius 1 is 1.60 bits per heavy atom. The summed E-state index contributed by atoms with van der Waals surface area (Å²) >= 11 is 1.56. The zero-order valence-corrected chi connectivity index (χ0v) is 11.5. The van der Waals surface area contributed by atoms with Crippen LogP contribution in [-0.2, 0) is 11.3 Å².